The quantitative estimate of drug-likeness (QED) is 0.823. The first kappa shape index (κ1) is 20.5. The Bertz CT molecular complexity index is 698. The van der Waals surface area contributed by atoms with Crippen LogP contribution in [0.15, 0.2) is 18.2 Å². The normalized spacial score (nSPS) is 23.3. The van der Waals surface area contributed by atoms with Gasteiger partial charge in [0.15, 0.2) is 0 Å². The van der Waals surface area contributed by atoms with Gasteiger partial charge in [0, 0.05) is 25.6 Å². The highest BCUT2D eigenvalue weighted by Crippen LogP contribution is 2.27. The largest absolute Gasteiger partial charge is 0.508 e. The second-order valence-electron chi connectivity index (χ2n) is 8.28. The molecule has 0 aromatic heterocycles. The van der Waals surface area contributed by atoms with Crippen molar-refractivity contribution in [2.45, 2.75) is 65.0 Å². The number of hydrogen-bond donors (Lipinski definition) is 2. The van der Waals surface area contributed by atoms with E-state index in [4.69, 9.17) is 4.74 Å². The summed E-state index contributed by atoms with van der Waals surface area (Å²) in [5.74, 6) is 0.650. The molecule has 2 fully saturated rings. The molecule has 1 aliphatic carbocycles. The fraction of sp³-hybridized carbons (Fsp3) is 0.636. The van der Waals surface area contributed by atoms with E-state index in [-0.39, 0.29) is 29.8 Å². The molecule has 0 bridgehead atoms. The second kappa shape index (κ2) is 9.30. The molecule has 2 atom stereocenters. The zero-order valence-electron chi connectivity index (χ0n) is 16.9. The minimum atomic E-state index is -0.225. The highest BCUT2D eigenvalue weighted by atomic mass is 16.6. The molecule has 1 aromatic rings. The number of aromatic hydroxyl groups is 1. The Morgan fingerprint density at radius 2 is 1.89 bits per heavy atom. The number of amides is 2. The van der Waals surface area contributed by atoms with E-state index in [1.165, 1.54) is 6.42 Å². The van der Waals surface area contributed by atoms with Crippen molar-refractivity contribution >= 4 is 12.0 Å². The van der Waals surface area contributed by atoms with Crippen LogP contribution in [0, 0.1) is 18.8 Å². The minimum Gasteiger partial charge on any atom is -0.508 e. The van der Waals surface area contributed by atoms with E-state index < -0.39 is 0 Å². The van der Waals surface area contributed by atoms with Crippen LogP contribution in [-0.2, 0) is 16.1 Å². The van der Waals surface area contributed by atoms with Crippen LogP contribution in [0.5, 0.6) is 5.75 Å². The summed E-state index contributed by atoms with van der Waals surface area (Å²) < 4.78 is 5.73. The topological polar surface area (TPSA) is 78.9 Å². The summed E-state index contributed by atoms with van der Waals surface area (Å²) in [6.45, 7) is 5.57. The van der Waals surface area contributed by atoms with Crippen LogP contribution in [0.2, 0.25) is 0 Å². The number of phenols is 1. The molecule has 0 radical (unpaired) electrons. The monoisotopic (exact) mass is 388 g/mol. The van der Waals surface area contributed by atoms with Crippen LogP contribution in [-0.4, -0.2) is 41.2 Å². The Morgan fingerprint density at radius 1 is 1.18 bits per heavy atom. The predicted molar refractivity (Wildman–Crippen MR) is 107 cm³/mol. The number of ether oxygens (including phenoxy) is 1. The van der Waals surface area contributed by atoms with Crippen molar-refractivity contribution in [2.24, 2.45) is 11.8 Å². The third-order valence-electron chi connectivity index (χ3n) is 6.14. The van der Waals surface area contributed by atoms with Crippen LogP contribution < -0.4 is 5.32 Å². The molecule has 2 amide bonds. The van der Waals surface area contributed by atoms with Crippen molar-refractivity contribution in [3.8, 4) is 5.75 Å². The lowest BCUT2D eigenvalue weighted by atomic mass is 9.88. The van der Waals surface area contributed by atoms with Crippen molar-refractivity contribution in [3.05, 3.63) is 29.3 Å². The Morgan fingerprint density at radius 3 is 2.57 bits per heavy atom. The number of carbonyl (C=O) groups excluding carboxylic acids is 2. The lowest BCUT2D eigenvalue weighted by Gasteiger charge is -2.34. The van der Waals surface area contributed by atoms with Gasteiger partial charge in [-0.1, -0.05) is 25.5 Å². The molecule has 1 aromatic carbocycles. The van der Waals surface area contributed by atoms with Gasteiger partial charge in [0.25, 0.3) is 0 Å². The molecule has 1 saturated carbocycles. The highest BCUT2D eigenvalue weighted by molar-refractivity contribution is 5.79. The number of benzene rings is 1. The highest BCUT2D eigenvalue weighted by Gasteiger charge is 2.31. The van der Waals surface area contributed by atoms with Crippen molar-refractivity contribution in [1.29, 1.82) is 0 Å². The number of rotatable bonds is 4. The van der Waals surface area contributed by atoms with Gasteiger partial charge in [-0.3, -0.25) is 4.79 Å². The van der Waals surface area contributed by atoms with Gasteiger partial charge in [0.2, 0.25) is 5.91 Å². The zero-order chi connectivity index (χ0) is 20.1. The molecule has 2 aliphatic rings. The summed E-state index contributed by atoms with van der Waals surface area (Å²) in [5.41, 5.74) is 1.76. The number of carbonyl (C=O) groups is 2. The molecule has 0 spiro atoms. The number of phenolic OH excluding ortho intramolecular Hbond substituents is 1. The van der Waals surface area contributed by atoms with Gasteiger partial charge in [-0.25, -0.2) is 4.79 Å². The maximum absolute atomic E-state index is 12.5. The molecule has 1 saturated heterocycles. The molecule has 1 aliphatic heterocycles. The van der Waals surface area contributed by atoms with Crippen molar-refractivity contribution in [2.75, 3.05) is 13.1 Å². The van der Waals surface area contributed by atoms with Crippen molar-refractivity contribution in [1.82, 2.24) is 10.2 Å². The van der Waals surface area contributed by atoms with Crippen LogP contribution in [0.3, 0.4) is 0 Å². The van der Waals surface area contributed by atoms with Gasteiger partial charge in [0.05, 0.1) is 0 Å². The maximum Gasteiger partial charge on any atom is 0.410 e. The van der Waals surface area contributed by atoms with E-state index in [9.17, 15) is 14.7 Å². The van der Waals surface area contributed by atoms with E-state index in [2.05, 4.69) is 12.2 Å². The van der Waals surface area contributed by atoms with E-state index in [0.29, 0.717) is 38.4 Å². The van der Waals surface area contributed by atoms with Crippen LogP contribution >= 0.6 is 0 Å². The SMILES string of the molecule is Cc1cc(CNC(=O)C2CCN(C(=O)O[C@H]3CCCC[C@H]3C)CC2)ccc1O. The summed E-state index contributed by atoms with van der Waals surface area (Å²) >= 11 is 0. The van der Waals surface area contributed by atoms with E-state index in [1.54, 1.807) is 11.0 Å². The van der Waals surface area contributed by atoms with Gasteiger partial charge in [0.1, 0.15) is 11.9 Å². The standard InChI is InChI=1S/C22H32N2O4/c1-15-5-3-4-6-20(15)28-22(27)24-11-9-18(10-12-24)21(26)23-14-17-7-8-19(25)16(2)13-17/h7-8,13,15,18,20,25H,3-6,9-12,14H2,1-2H3,(H,23,26)/t15-,20+/m1/s1. The molecule has 1 heterocycles. The number of aryl methyl sites for hydroxylation is 1. The number of nitrogens with zero attached hydrogens (tertiary/aromatic N) is 1. The van der Waals surface area contributed by atoms with Gasteiger partial charge in [-0.05, 0) is 62.1 Å². The molecule has 154 valence electrons. The number of likely N-dealkylation sites (tertiary alicyclic amines) is 1. The fourth-order valence-electron chi connectivity index (χ4n) is 4.15. The number of nitrogens with one attached hydrogen (secondary N) is 1. The zero-order valence-corrected chi connectivity index (χ0v) is 16.9. The summed E-state index contributed by atoms with van der Waals surface area (Å²) in [5, 5.41) is 12.6. The van der Waals surface area contributed by atoms with Crippen LogP contribution in [0.4, 0.5) is 4.79 Å². The van der Waals surface area contributed by atoms with E-state index in [0.717, 1.165) is 30.4 Å². The first-order chi connectivity index (χ1) is 13.4. The first-order valence-electron chi connectivity index (χ1n) is 10.5. The Hall–Kier alpha value is -2.24. The second-order valence-corrected chi connectivity index (χ2v) is 8.28. The van der Waals surface area contributed by atoms with Gasteiger partial charge >= 0.3 is 6.09 Å². The molecule has 2 N–H and O–H groups in total. The Kier molecular flexibility index (Phi) is 6.81. The smallest absolute Gasteiger partial charge is 0.410 e. The van der Waals surface area contributed by atoms with Gasteiger partial charge in [-0.2, -0.15) is 0 Å². The molecular weight excluding hydrogens is 356 g/mol. The van der Waals surface area contributed by atoms with Gasteiger partial charge < -0.3 is 20.1 Å². The molecule has 6 nitrogen and oxygen atoms in total. The lowest BCUT2D eigenvalue weighted by Crippen LogP contribution is -2.44. The Labute approximate surface area is 167 Å². The Balaban J connectivity index is 1.42. The summed E-state index contributed by atoms with van der Waals surface area (Å²) in [7, 11) is 0. The van der Waals surface area contributed by atoms with Crippen LogP contribution in [0.25, 0.3) is 0 Å². The summed E-state index contributed by atoms with van der Waals surface area (Å²) in [4.78, 5) is 26.7. The third kappa shape index (κ3) is 5.18. The maximum atomic E-state index is 12.5. The molecule has 3 rings (SSSR count). The van der Waals surface area contributed by atoms with E-state index in [1.807, 2.05) is 19.1 Å². The molecular formula is C22H32N2O4. The molecule has 6 heteroatoms. The summed E-state index contributed by atoms with van der Waals surface area (Å²) in [6, 6.07) is 5.34. The third-order valence-corrected chi connectivity index (χ3v) is 6.14. The lowest BCUT2D eigenvalue weighted by molar-refractivity contribution is -0.126. The first-order valence-corrected chi connectivity index (χ1v) is 10.5. The van der Waals surface area contributed by atoms with E-state index >= 15 is 0 Å². The van der Waals surface area contributed by atoms with Crippen LogP contribution in [0.1, 0.15) is 56.6 Å². The van der Waals surface area contributed by atoms with Gasteiger partial charge in [-0.15, -0.1) is 0 Å². The van der Waals surface area contributed by atoms with Crippen molar-refractivity contribution < 1.29 is 19.4 Å². The average molecular weight is 389 g/mol. The molecule has 28 heavy (non-hydrogen) atoms. The summed E-state index contributed by atoms with van der Waals surface area (Å²) in [6.07, 6.45) is 5.58. The fourth-order valence-corrected chi connectivity index (χ4v) is 4.15. The molecule has 0 unspecified atom stereocenters. The number of hydrogen-bond acceptors (Lipinski definition) is 4. The number of piperidine rings is 1. The average Bonchev–Trinajstić information content (AvgIpc) is 2.70. The van der Waals surface area contributed by atoms with Crippen molar-refractivity contribution in [3.63, 3.8) is 0 Å². The minimum absolute atomic E-state index is 0.0275. The predicted octanol–water partition coefficient (Wildman–Crippen LogP) is 3.74.